The number of hydrogen-bond donors (Lipinski definition) is 2. The topological polar surface area (TPSA) is 78.8 Å². The van der Waals surface area contributed by atoms with E-state index in [1.807, 2.05) is 35.9 Å². The standard InChI is InChI=1S/C18H28N6O/c1-5-15(17-12(2)22-23(4)13(17)3)21-18(25)24-9-7-6-8-16(24)14-10-19-20-11-14/h10-11,15-16H,5-9H2,1-4H3,(H,19,20)(H,21,25)/t15-,16-/m1/s1. The fourth-order valence-electron chi connectivity index (χ4n) is 3.87. The number of amides is 2. The molecule has 0 bridgehead atoms. The van der Waals surface area contributed by atoms with Crippen molar-refractivity contribution in [2.24, 2.45) is 7.05 Å². The van der Waals surface area contributed by atoms with Gasteiger partial charge in [0, 0.05) is 36.6 Å². The lowest BCUT2D eigenvalue weighted by Crippen LogP contribution is -2.45. The monoisotopic (exact) mass is 344 g/mol. The predicted octanol–water partition coefficient (Wildman–Crippen LogP) is 3.15. The summed E-state index contributed by atoms with van der Waals surface area (Å²) in [5.41, 5.74) is 4.30. The summed E-state index contributed by atoms with van der Waals surface area (Å²) in [6.45, 7) is 6.94. The number of carbonyl (C=O) groups excluding carboxylic acids is 1. The van der Waals surface area contributed by atoms with Crippen molar-refractivity contribution in [3.8, 4) is 0 Å². The highest BCUT2D eigenvalue weighted by Crippen LogP contribution is 2.31. The van der Waals surface area contributed by atoms with Crippen molar-refractivity contribution in [2.45, 2.75) is 58.5 Å². The lowest BCUT2D eigenvalue weighted by atomic mass is 9.97. The molecule has 2 aromatic rings. The molecule has 0 radical (unpaired) electrons. The van der Waals surface area contributed by atoms with E-state index in [0.717, 1.165) is 54.7 Å². The van der Waals surface area contributed by atoms with Gasteiger partial charge < -0.3 is 10.2 Å². The molecule has 0 aliphatic carbocycles. The van der Waals surface area contributed by atoms with Crippen LogP contribution in [0.25, 0.3) is 0 Å². The number of H-pyrrole nitrogens is 1. The Balaban J connectivity index is 1.79. The van der Waals surface area contributed by atoms with Crippen LogP contribution in [0, 0.1) is 13.8 Å². The molecule has 2 atom stereocenters. The number of urea groups is 1. The first kappa shape index (κ1) is 17.5. The van der Waals surface area contributed by atoms with E-state index in [2.05, 4.69) is 34.5 Å². The summed E-state index contributed by atoms with van der Waals surface area (Å²) < 4.78 is 1.88. The molecule has 2 amide bonds. The number of carbonyl (C=O) groups is 1. The van der Waals surface area contributed by atoms with Crippen LogP contribution in [0.15, 0.2) is 12.4 Å². The van der Waals surface area contributed by atoms with Gasteiger partial charge in [0.15, 0.2) is 0 Å². The molecule has 1 aliphatic rings. The van der Waals surface area contributed by atoms with Crippen molar-refractivity contribution in [2.75, 3.05) is 6.54 Å². The highest BCUT2D eigenvalue weighted by molar-refractivity contribution is 5.75. The Hall–Kier alpha value is -2.31. The summed E-state index contributed by atoms with van der Waals surface area (Å²) in [6, 6.07) is 0.0784. The smallest absolute Gasteiger partial charge is 0.318 e. The first-order valence-electron chi connectivity index (χ1n) is 9.08. The SMILES string of the molecule is CC[C@@H](NC(=O)N1CCCC[C@@H]1c1cn[nH]c1)c1c(C)nn(C)c1C. The summed E-state index contributed by atoms with van der Waals surface area (Å²) in [4.78, 5) is 15.0. The number of aromatic amines is 1. The predicted molar refractivity (Wildman–Crippen MR) is 96.1 cm³/mol. The number of nitrogens with one attached hydrogen (secondary N) is 2. The van der Waals surface area contributed by atoms with E-state index < -0.39 is 0 Å². The Kier molecular flexibility index (Phi) is 5.11. The molecular weight excluding hydrogens is 316 g/mol. The molecule has 2 N–H and O–H groups in total. The van der Waals surface area contributed by atoms with Gasteiger partial charge in [0.05, 0.1) is 24.0 Å². The summed E-state index contributed by atoms with van der Waals surface area (Å²) in [5.74, 6) is 0. The molecule has 25 heavy (non-hydrogen) atoms. The fourth-order valence-corrected chi connectivity index (χ4v) is 3.87. The van der Waals surface area contributed by atoms with E-state index in [1.165, 1.54) is 0 Å². The molecule has 0 spiro atoms. The Morgan fingerprint density at radius 3 is 2.84 bits per heavy atom. The number of rotatable bonds is 4. The van der Waals surface area contributed by atoms with Gasteiger partial charge in [-0.1, -0.05) is 6.92 Å². The average Bonchev–Trinajstić information content (AvgIpc) is 3.22. The molecular formula is C18H28N6O. The molecule has 0 unspecified atom stereocenters. The normalized spacial score (nSPS) is 19.0. The number of piperidine rings is 1. The van der Waals surface area contributed by atoms with Crippen LogP contribution in [-0.4, -0.2) is 37.5 Å². The van der Waals surface area contributed by atoms with Gasteiger partial charge >= 0.3 is 6.03 Å². The maximum atomic E-state index is 13.0. The van der Waals surface area contributed by atoms with Crippen LogP contribution in [0.1, 0.15) is 67.2 Å². The van der Waals surface area contributed by atoms with Gasteiger partial charge in [-0.05, 0) is 39.5 Å². The number of nitrogens with zero attached hydrogens (tertiary/aromatic N) is 4. The van der Waals surface area contributed by atoms with Crippen molar-refractivity contribution >= 4 is 6.03 Å². The molecule has 7 heteroatoms. The zero-order valence-corrected chi connectivity index (χ0v) is 15.5. The van der Waals surface area contributed by atoms with E-state index in [4.69, 9.17) is 0 Å². The van der Waals surface area contributed by atoms with Crippen molar-refractivity contribution in [3.63, 3.8) is 0 Å². The van der Waals surface area contributed by atoms with Gasteiger partial charge in [-0.25, -0.2) is 4.79 Å². The van der Waals surface area contributed by atoms with Gasteiger partial charge in [-0.3, -0.25) is 9.78 Å². The third kappa shape index (κ3) is 3.41. The third-order valence-electron chi connectivity index (χ3n) is 5.29. The quantitative estimate of drug-likeness (QED) is 0.894. The summed E-state index contributed by atoms with van der Waals surface area (Å²) in [6.07, 6.45) is 7.71. The van der Waals surface area contributed by atoms with E-state index in [-0.39, 0.29) is 18.1 Å². The Bertz CT molecular complexity index is 720. The Labute approximate surface area is 148 Å². The summed E-state index contributed by atoms with van der Waals surface area (Å²) in [5, 5.41) is 14.6. The Morgan fingerprint density at radius 2 is 2.24 bits per heavy atom. The van der Waals surface area contributed by atoms with Crippen LogP contribution in [0.5, 0.6) is 0 Å². The zero-order chi connectivity index (χ0) is 18.0. The minimum atomic E-state index is -0.0203. The minimum absolute atomic E-state index is 0.000373. The lowest BCUT2D eigenvalue weighted by molar-refractivity contribution is 0.148. The third-order valence-corrected chi connectivity index (χ3v) is 5.29. The van der Waals surface area contributed by atoms with E-state index in [0.29, 0.717) is 0 Å². The summed E-state index contributed by atoms with van der Waals surface area (Å²) in [7, 11) is 1.94. The highest BCUT2D eigenvalue weighted by Gasteiger charge is 2.30. The van der Waals surface area contributed by atoms with Crippen LogP contribution >= 0.6 is 0 Å². The van der Waals surface area contributed by atoms with Crippen LogP contribution in [0.2, 0.25) is 0 Å². The van der Waals surface area contributed by atoms with E-state index in [1.54, 1.807) is 0 Å². The minimum Gasteiger partial charge on any atom is -0.331 e. The fraction of sp³-hybridized carbons (Fsp3) is 0.611. The van der Waals surface area contributed by atoms with E-state index >= 15 is 0 Å². The van der Waals surface area contributed by atoms with Crippen molar-refractivity contribution in [3.05, 3.63) is 34.9 Å². The van der Waals surface area contributed by atoms with Crippen LogP contribution in [-0.2, 0) is 7.05 Å². The van der Waals surface area contributed by atoms with Gasteiger partial charge in [-0.15, -0.1) is 0 Å². The summed E-state index contributed by atoms with van der Waals surface area (Å²) >= 11 is 0. The highest BCUT2D eigenvalue weighted by atomic mass is 16.2. The average molecular weight is 344 g/mol. The number of aryl methyl sites for hydroxylation is 2. The molecule has 7 nitrogen and oxygen atoms in total. The molecule has 136 valence electrons. The second kappa shape index (κ2) is 7.29. The molecule has 0 saturated carbocycles. The van der Waals surface area contributed by atoms with Crippen molar-refractivity contribution in [1.82, 2.24) is 30.2 Å². The second-order valence-electron chi connectivity index (χ2n) is 6.86. The molecule has 2 aromatic heterocycles. The van der Waals surface area contributed by atoms with Gasteiger partial charge in [0.1, 0.15) is 0 Å². The second-order valence-corrected chi connectivity index (χ2v) is 6.86. The first-order chi connectivity index (χ1) is 12.0. The largest absolute Gasteiger partial charge is 0.331 e. The van der Waals surface area contributed by atoms with Gasteiger partial charge in [0.2, 0.25) is 0 Å². The number of aromatic nitrogens is 4. The molecule has 1 aliphatic heterocycles. The van der Waals surface area contributed by atoms with Crippen LogP contribution < -0.4 is 5.32 Å². The molecule has 0 aromatic carbocycles. The van der Waals surface area contributed by atoms with Gasteiger partial charge in [0.25, 0.3) is 0 Å². The van der Waals surface area contributed by atoms with Crippen molar-refractivity contribution in [1.29, 1.82) is 0 Å². The van der Waals surface area contributed by atoms with Crippen molar-refractivity contribution < 1.29 is 4.79 Å². The number of likely N-dealkylation sites (tertiary alicyclic amines) is 1. The molecule has 3 heterocycles. The lowest BCUT2D eigenvalue weighted by Gasteiger charge is -2.36. The van der Waals surface area contributed by atoms with Crippen LogP contribution in [0.3, 0.4) is 0 Å². The van der Waals surface area contributed by atoms with Gasteiger partial charge in [-0.2, -0.15) is 10.2 Å². The Morgan fingerprint density at radius 1 is 1.44 bits per heavy atom. The van der Waals surface area contributed by atoms with E-state index in [9.17, 15) is 4.79 Å². The molecule has 3 rings (SSSR count). The first-order valence-corrected chi connectivity index (χ1v) is 9.08. The maximum Gasteiger partial charge on any atom is 0.318 e. The zero-order valence-electron chi connectivity index (χ0n) is 15.5. The number of hydrogen-bond acceptors (Lipinski definition) is 3. The van der Waals surface area contributed by atoms with Crippen LogP contribution in [0.4, 0.5) is 4.79 Å². The molecule has 1 saturated heterocycles. The maximum absolute atomic E-state index is 13.0. The molecule has 1 fully saturated rings.